The standard InChI is InChI=1S/C15H26N2O3/c1-15(2,11-16-3)17-9-12(18)10-20-14-8-6-5-7-13(14)19-4/h5-8,12,16-18H,9-11H2,1-4H3. The van der Waals surface area contributed by atoms with Crippen LogP contribution in [0.25, 0.3) is 0 Å². The fourth-order valence-corrected chi connectivity index (χ4v) is 1.88. The molecule has 0 heterocycles. The molecule has 0 bridgehead atoms. The molecule has 0 amide bonds. The van der Waals surface area contributed by atoms with Crippen molar-refractivity contribution in [2.24, 2.45) is 0 Å². The van der Waals surface area contributed by atoms with Crippen LogP contribution in [0.1, 0.15) is 13.8 Å². The van der Waals surface area contributed by atoms with Crippen LogP contribution in [0.3, 0.4) is 0 Å². The summed E-state index contributed by atoms with van der Waals surface area (Å²) < 4.78 is 10.8. The van der Waals surface area contributed by atoms with E-state index in [1.165, 1.54) is 0 Å². The number of benzene rings is 1. The maximum atomic E-state index is 9.96. The van der Waals surface area contributed by atoms with Crippen molar-refractivity contribution < 1.29 is 14.6 Å². The summed E-state index contributed by atoms with van der Waals surface area (Å²) in [4.78, 5) is 0. The van der Waals surface area contributed by atoms with Crippen molar-refractivity contribution in [1.82, 2.24) is 10.6 Å². The van der Waals surface area contributed by atoms with E-state index < -0.39 is 6.10 Å². The first-order chi connectivity index (χ1) is 9.48. The van der Waals surface area contributed by atoms with E-state index in [0.29, 0.717) is 18.0 Å². The van der Waals surface area contributed by atoms with Crippen molar-refractivity contribution in [3.05, 3.63) is 24.3 Å². The van der Waals surface area contributed by atoms with Crippen LogP contribution in [-0.2, 0) is 0 Å². The van der Waals surface area contributed by atoms with Gasteiger partial charge in [-0.15, -0.1) is 0 Å². The van der Waals surface area contributed by atoms with Crippen LogP contribution in [0.15, 0.2) is 24.3 Å². The van der Waals surface area contributed by atoms with Crippen LogP contribution < -0.4 is 20.1 Å². The molecular formula is C15H26N2O3. The van der Waals surface area contributed by atoms with Crippen molar-refractivity contribution in [1.29, 1.82) is 0 Å². The molecule has 5 heteroatoms. The van der Waals surface area contributed by atoms with E-state index in [2.05, 4.69) is 24.5 Å². The number of β-amino-alcohol motifs (C(OH)–C–C–N with tert-alkyl or cyclic N) is 1. The molecule has 0 saturated carbocycles. The zero-order valence-corrected chi connectivity index (χ0v) is 12.8. The lowest BCUT2D eigenvalue weighted by Gasteiger charge is -2.27. The number of ether oxygens (including phenoxy) is 2. The molecular weight excluding hydrogens is 256 g/mol. The van der Waals surface area contributed by atoms with Crippen molar-refractivity contribution >= 4 is 0 Å². The molecule has 0 spiro atoms. The van der Waals surface area contributed by atoms with Gasteiger partial charge >= 0.3 is 0 Å². The Bertz CT molecular complexity index is 396. The number of hydrogen-bond acceptors (Lipinski definition) is 5. The molecule has 0 aliphatic rings. The minimum Gasteiger partial charge on any atom is -0.493 e. The van der Waals surface area contributed by atoms with Gasteiger partial charge in [0.25, 0.3) is 0 Å². The van der Waals surface area contributed by atoms with Gasteiger partial charge in [-0.25, -0.2) is 0 Å². The van der Waals surface area contributed by atoms with Gasteiger partial charge in [-0.2, -0.15) is 0 Å². The average Bonchev–Trinajstić information content (AvgIpc) is 2.43. The average molecular weight is 282 g/mol. The highest BCUT2D eigenvalue weighted by Crippen LogP contribution is 2.25. The van der Waals surface area contributed by atoms with E-state index in [1.807, 2.05) is 31.3 Å². The lowest BCUT2D eigenvalue weighted by molar-refractivity contribution is 0.0973. The Morgan fingerprint density at radius 3 is 2.50 bits per heavy atom. The van der Waals surface area contributed by atoms with E-state index in [0.717, 1.165) is 6.54 Å². The summed E-state index contributed by atoms with van der Waals surface area (Å²) >= 11 is 0. The number of aliphatic hydroxyl groups excluding tert-OH is 1. The maximum Gasteiger partial charge on any atom is 0.161 e. The van der Waals surface area contributed by atoms with E-state index in [1.54, 1.807) is 7.11 Å². The number of nitrogens with one attached hydrogen (secondary N) is 2. The Hall–Kier alpha value is -1.30. The smallest absolute Gasteiger partial charge is 0.161 e. The monoisotopic (exact) mass is 282 g/mol. The zero-order valence-electron chi connectivity index (χ0n) is 12.8. The molecule has 3 N–H and O–H groups in total. The number of rotatable bonds is 9. The van der Waals surface area contributed by atoms with E-state index in [4.69, 9.17) is 9.47 Å². The normalized spacial score (nSPS) is 13.1. The molecule has 0 saturated heterocycles. The fourth-order valence-electron chi connectivity index (χ4n) is 1.88. The van der Waals surface area contributed by atoms with Gasteiger partial charge in [0.1, 0.15) is 12.7 Å². The van der Waals surface area contributed by atoms with Crippen molar-refractivity contribution in [2.45, 2.75) is 25.5 Å². The zero-order chi connectivity index (χ0) is 15.0. The lowest BCUT2D eigenvalue weighted by atomic mass is 10.1. The van der Waals surface area contributed by atoms with Gasteiger partial charge in [0.2, 0.25) is 0 Å². The van der Waals surface area contributed by atoms with Gasteiger partial charge in [0.05, 0.1) is 7.11 Å². The minimum absolute atomic E-state index is 0.0693. The van der Waals surface area contributed by atoms with Crippen LogP contribution >= 0.6 is 0 Å². The summed E-state index contributed by atoms with van der Waals surface area (Å²) in [5, 5.41) is 16.4. The Labute approximate surface area is 121 Å². The van der Waals surface area contributed by atoms with Crippen LogP contribution in [0.4, 0.5) is 0 Å². The Balaban J connectivity index is 2.38. The first-order valence-corrected chi connectivity index (χ1v) is 6.82. The molecule has 1 aromatic rings. The number of aliphatic hydroxyl groups is 1. The lowest BCUT2D eigenvalue weighted by Crippen LogP contribution is -2.50. The van der Waals surface area contributed by atoms with Gasteiger partial charge in [0, 0.05) is 18.6 Å². The molecule has 20 heavy (non-hydrogen) atoms. The highest BCUT2D eigenvalue weighted by molar-refractivity contribution is 5.39. The quantitative estimate of drug-likeness (QED) is 0.631. The topological polar surface area (TPSA) is 62.8 Å². The first kappa shape index (κ1) is 16.8. The summed E-state index contributed by atoms with van der Waals surface area (Å²) in [7, 11) is 3.51. The summed E-state index contributed by atoms with van der Waals surface area (Å²) in [5.41, 5.74) is -0.0693. The summed E-state index contributed by atoms with van der Waals surface area (Å²) in [6.07, 6.45) is -0.573. The molecule has 0 aliphatic carbocycles. The third-order valence-electron chi connectivity index (χ3n) is 2.94. The second-order valence-electron chi connectivity index (χ2n) is 5.41. The number of methoxy groups -OCH3 is 1. The molecule has 1 unspecified atom stereocenters. The molecule has 0 fully saturated rings. The molecule has 114 valence electrons. The minimum atomic E-state index is -0.573. The Kier molecular flexibility index (Phi) is 6.78. The molecule has 0 radical (unpaired) electrons. The Morgan fingerprint density at radius 2 is 1.90 bits per heavy atom. The fraction of sp³-hybridized carbons (Fsp3) is 0.600. The highest BCUT2D eigenvalue weighted by Gasteiger charge is 2.17. The molecule has 0 aliphatic heterocycles. The SMILES string of the molecule is CNCC(C)(C)NCC(O)COc1ccccc1OC. The molecule has 1 atom stereocenters. The summed E-state index contributed by atoms with van der Waals surface area (Å²) in [6, 6.07) is 7.41. The number of hydrogen-bond donors (Lipinski definition) is 3. The predicted molar refractivity (Wildman–Crippen MR) is 80.5 cm³/mol. The first-order valence-electron chi connectivity index (χ1n) is 6.82. The molecule has 1 rings (SSSR count). The van der Waals surface area contributed by atoms with Crippen LogP contribution in [0.5, 0.6) is 11.5 Å². The van der Waals surface area contributed by atoms with Gasteiger partial charge in [-0.1, -0.05) is 12.1 Å². The summed E-state index contributed by atoms with van der Waals surface area (Å²) in [5.74, 6) is 1.31. The summed E-state index contributed by atoms with van der Waals surface area (Å²) in [6.45, 7) is 5.69. The van der Waals surface area contributed by atoms with Crippen LogP contribution in [0.2, 0.25) is 0 Å². The van der Waals surface area contributed by atoms with Crippen molar-refractivity contribution in [3.63, 3.8) is 0 Å². The van der Waals surface area contributed by atoms with Gasteiger partial charge in [-0.3, -0.25) is 0 Å². The Morgan fingerprint density at radius 1 is 1.25 bits per heavy atom. The number of para-hydroxylation sites is 2. The maximum absolute atomic E-state index is 9.96. The third-order valence-corrected chi connectivity index (χ3v) is 2.94. The van der Waals surface area contributed by atoms with E-state index in [9.17, 15) is 5.11 Å². The van der Waals surface area contributed by atoms with Gasteiger partial charge in [0.15, 0.2) is 11.5 Å². The highest BCUT2D eigenvalue weighted by atomic mass is 16.5. The second-order valence-corrected chi connectivity index (χ2v) is 5.41. The molecule has 0 aromatic heterocycles. The van der Waals surface area contributed by atoms with Crippen LogP contribution in [-0.4, -0.2) is 50.6 Å². The van der Waals surface area contributed by atoms with Crippen molar-refractivity contribution in [2.75, 3.05) is 33.9 Å². The van der Waals surface area contributed by atoms with E-state index in [-0.39, 0.29) is 12.1 Å². The predicted octanol–water partition coefficient (Wildman–Crippen LogP) is 1.02. The second kappa shape index (κ2) is 8.09. The van der Waals surface area contributed by atoms with Crippen LogP contribution in [0, 0.1) is 0 Å². The third kappa shape index (κ3) is 5.77. The van der Waals surface area contributed by atoms with Gasteiger partial charge in [-0.05, 0) is 33.0 Å². The van der Waals surface area contributed by atoms with Gasteiger partial charge < -0.3 is 25.2 Å². The van der Waals surface area contributed by atoms with Crippen molar-refractivity contribution in [3.8, 4) is 11.5 Å². The van der Waals surface area contributed by atoms with E-state index >= 15 is 0 Å². The molecule has 5 nitrogen and oxygen atoms in total. The molecule has 1 aromatic carbocycles. The largest absolute Gasteiger partial charge is 0.493 e. The number of likely N-dealkylation sites (N-methyl/N-ethyl adjacent to an activating group) is 1.